The molecular formula is C79H139NO18. The molecule has 12 N–H and O–H groups in total. The molecule has 3 aliphatic heterocycles. The van der Waals surface area contributed by atoms with Crippen LogP contribution in [0.2, 0.25) is 0 Å². The Morgan fingerprint density at radius 2 is 0.704 bits per heavy atom. The summed E-state index contributed by atoms with van der Waals surface area (Å²) in [6, 6.07) is -0.985. The second-order valence-corrected chi connectivity index (χ2v) is 27.4. The fourth-order valence-electron chi connectivity index (χ4n) is 12.7. The van der Waals surface area contributed by atoms with Crippen molar-refractivity contribution in [2.75, 3.05) is 26.4 Å². The Morgan fingerprint density at radius 1 is 0.378 bits per heavy atom. The molecule has 0 aromatic rings. The Morgan fingerprint density at radius 3 is 1.10 bits per heavy atom. The molecule has 568 valence electrons. The summed E-state index contributed by atoms with van der Waals surface area (Å²) >= 11 is 0. The smallest absolute Gasteiger partial charge is 0.220 e. The molecule has 0 saturated carbocycles. The second-order valence-electron chi connectivity index (χ2n) is 27.4. The van der Waals surface area contributed by atoms with E-state index >= 15 is 0 Å². The quantitative estimate of drug-likeness (QED) is 0.0199. The summed E-state index contributed by atoms with van der Waals surface area (Å²) in [6.07, 6.45) is 51.2. The van der Waals surface area contributed by atoms with Gasteiger partial charge in [0, 0.05) is 6.42 Å². The van der Waals surface area contributed by atoms with E-state index in [1.165, 1.54) is 148 Å². The summed E-state index contributed by atoms with van der Waals surface area (Å²) in [5.74, 6) is -0.285. The number of hydrogen-bond acceptors (Lipinski definition) is 18. The number of rotatable bonds is 60. The number of unbranched alkanes of at least 4 members (excludes halogenated alkanes) is 32. The van der Waals surface area contributed by atoms with E-state index in [1.54, 1.807) is 6.08 Å². The first kappa shape index (κ1) is 89.2. The van der Waals surface area contributed by atoms with Crippen LogP contribution in [0.25, 0.3) is 0 Å². The molecule has 0 aromatic carbocycles. The molecule has 98 heavy (non-hydrogen) atoms. The molecule has 0 aromatic heterocycles. The molecule has 3 heterocycles. The average molecular weight is 1390 g/mol. The van der Waals surface area contributed by atoms with Crippen LogP contribution in [0.3, 0.4) is 0 Å². The Labute approximate surface area is 590 Å². The van der Waals surface area contributed by atoms with E-state index in [2.05, 4.69) is 92.1 Å². The summed E-state index contributed by atoms with van der Waals surface area (Å²) in [5.41, 5.74) is 0. The number of allylic oxidation sites excluding steroid dienone is 13. The Hall–Kier alpha value is -3.03. The zero-order valence-electron chi connectivity index (χ0n) is 60.5. The first-order chi connectivity index (χ1) is 47.8. The zero-order chi connectivity index (χ0) is 71.1. The van der Waals surface area contributed by atoms with Gasteiger partial charge in [0.05, 0.1) is 38.6 Å². The van der Waals surface area contributed by atoms with E-state index in [-0.39, 0.29) is 18.9 Å². The molecule has 0 aliphatic carbocycles. The monoisotopic (exact) mass is 1390 g/mol. The molecule has 1 amide bonds. The van der Waals surface area contributed by atoms with Crippen LogP contribution in [0.5, 0.6) is 0 Å². The van der Waals surface area contributed by atoms with Gasteiger partial charge in [0.2, 0.25) is 5.91 Å². The van der Waals surface area contributed by atoms with Gasteiger partial charge in [0.25, 0.3) is 0 Å². The summed E-state index contributed by atoms with van der Waals surface area (Å²) in [6.45, 7) is 1.64. The fourth-order valence-corrected chi connectivity index (χ4v) is 12.7. The third-order valence-electron chi connectivity index (χ3n) is 18.9. The molecule has 19 nitrogen and oxygen atoms in total. The van der Waals surface area contributed by atoms with Crippen molar-refractivity contribution >= 4 is 5.91 Å². The van der Waals surface area contributed by atoms with Gasteiger partial charge in [-0.1, -0.05) is 285 Å². The number of hydrogen-bond donors (Lipinski definition) is 12. The van der Waals surface area contributed by atoms with Crippen LogP contribution in [0.4, 0.5) is 0 Å². The standard InChI is InChI=1S/C79H139NO18/c1-3-5-7-9-11-13-15-17-19-21-23-25-27-29-31-33-35-37-39-41-43-45-47-49-51-53-55-57-67(85)80-62(63(84)56-54-52-50-48-46-44-42-40-38-36-34-32-30-28-26-24-22-20-18-16-14-12-10-8-6-4-2)61-93-77-73(91)70(88)75(65(59-82)95-77)98-79-74(92)71(89)76(66(60-83)96-79)97-78-72(90)69(87)68(86)64(58-81)94-78/h5,7,11,13,17,19,23,25,29,31,35,37,54,56,62-66,68-79,81-84,86-92H,3-4,6,8-10,12,14-16,18,20-22,24,26-28,30,32-34,36,38-53,55,57-61H2,1-2H3,(H,80,85)/b7-5-,13-11-,19-17-,25-23-,31-29-,37-35-,56-54+. The number of ether oxygens (including phenoxy) is 6. The topological polar surface area (TPSA) is 307 Å². The van der Waals surface area contributed by atoms with Crippen molar-refractivity contribution in [3.8, 4) is 0 Å². The molecule has 3 aliphatic rings. The van der Waals surface area contributed by atoms with Gasteiger partial charge in [-0.2, -0.15) is 0 Å². The normalized spacial score (nSPS) is 27.2. The van der Waals surface area contributed by atoms with Crippen LogP contribution in [-0.4, -0.2) is 193 Å². The third-order valence-corrected chi connectivity index (χ3v) is 18.9. The van der Waals surface area contributed by atoms with E-state index in [1.807, 2.05) is 6.08 Å². The van der Waals surface area contributed by atoms with E-state index < -0.39 is 124 Å². The molecule has 19 heteroatoms. The highest BCUT2D eigenvalue weighted by Gasteiger charge is 2.53. The van der Waals surface area contributed by atoms with Gasteiger partial charge < -0.3 is 89.9 Å². The lowest BCUT2D eigenvalue weighted by molar-refractivity contribution is -0.379. The van der Waals surface area contributed by atoms with Gasteiger partial charge in [0.15, 0.2) is 18.9 Å². The molecule has 3 fully saturated rings. The number of aliphatic hydroxyl groups is 11. The number of aliphatic hydroxyl groups excluding tert-OH is 11. The summed E-state index contributed by atoms with van der Waals surface area (Å²) in [5, 5.41) is 121. The predicted molar refractivity (Wildman–Crippen MR) is 388 cm³/mol. The summed E-state index contributed by atoms with van der Waals surface area (Å²) < 4.78 is 34.4. The summed E-state index contributed by atoms with van der Waals surface area (Å²) in [4.78, 5) is 13.5. The van der Waals surface area contributed by atoms with Crippen molar-refractivity contribution in [2.24, 2.45) is 0 Å². The van der Waals surface area contributed by atoms with Gasteiger partial charge in [-0.25, -0.2) is 0 Å². The van der Waals surface area contributed by atoms with Crippen LogP contribution < -0.4 is 5.32 Å². The predicted octanol–water partition coefficient (Wildman–Crippen LogP) is 12.2. The molecule has 3 saturated heterocycles. The molecule has 0 bridgehead atoms. The van der Waals surface area contributed by atoms with Crippen LogP contribution in [0.15, 0.2) is 85.1 Å². The summed E-state index contributed by atoms with van der Waals surface area (Å²) in [7, 11) is 0. The molecule has 17 unspecified atom stereocenters. The number of carbonyl (C=O) groups excluding carboxylic acids is 1. The van der Waals surface area contributed by atoms with Gasteiger partial charge >= 0.3 is 0 Å². The van der Waals surface area contributed by atoms with Crippen molar-refractivity contribution in [3.63, 3.8) is 0 Å². The maximum absolute atomic E-state index is 13.5. The molecule has 17 atom stereocenters. The van der Waals surface area contributed by atoms with Crippen LogP contribution in [0.1, 0.15) is 277 Å². The maximum atomic E-state index is 13.5. The van der Waals surface area contributed by atoms with Crippen molar-refractivity contribution in [1.82, 2.24) is 5.32 Å². The minimum absolute atomic E-state index is 0.229. The average Bonchev–Trinajstić information content (AvgIpc) is 0.785. The lowest BCUT2D eigenvalue weighted by Crippen LogP contribution is -2.66. The Bertz CT molecular complexity index is 2100. The number of carbonyl (C=O) groups is 1. The SMILES string of the molecule is CC/C=C\C/C=C\C/C=C\C/C=C\C/C=C\C/C=C\CCCCCCCCCCC(=O)NC(COC1OC(CO)C(OC2OC(CO)C(OC3OC(CO)C(O)C(O)C3O)C(O)C2O)C(O)C1O)C(O)/C=C/CCCCCCCCCCCCCCCCCCCCCCCCCC. The first-order valence-electron chi connectivity index (χ1n) is 38.8. The molecular weight excluding hydrogens is 1250 g/mol. The fraction of sp³-hybridized carbons (Fsp3) is 0.810. The van der Waals surface area contributed by atoms with E-state index in [9.17, 15) is 61.0 Å². The highest BCUT2D eigenvalue weighted by atomic mass is 16.8. The van der Waals surface area contributed by atoms with Crippen molar-refractivity contribution in [3.05, 3.63) is 85.1 Å². The van der Waals surface area contributed by atoms with Gasteiger partial charge in [-0.15, -0.1) is 0 Å². The van der Waals surface area contributed by atoms with Crippen LogP contribution in [-0.2, 0) is 33.2 Å². The van der Waals surface area contributed by atoms with Gasteiger partial charge in [-0.3, -0.25) is 4.79 Å². The Balaban J connectivity index is 1.41. The maximum Gasteiger partial charge on any atom is 0.220 e. The lowest BCUT2D eigenvalue weighted by atomic mass is 9.96. The second kappa shape index (κ2) is 59.4. The van der Waals surface area contributed by atoms with E-state index in [4.69, 9.17) is 28.4 Å². The van der Waals surface area contributed by atoms with E-state index in [0.717, 1.165) is 103 Å². The van der Waals surface area contributed by atoms with Crippen molar-refractivity contribution < 1.29 is 89.4 Å². The zero-order valence-corrected chi connectivity index (χ0v) is 60.5. The van der Waals surface area contributed by atoms with Crippen molar-refractivity contribution in [1.29, 1.82) is 0 Å². The minimum atomic E-state index is -1.98. The minimum Gasteiger partial charge on any atom is -0.394 e. The lowest BCUT2D eigenvalue weighted by Gasteiger charge is -2.48. The molecule has 0 spiro atoms. The van der Waals surface area contributed by atoms with Gasteiger partial charge in [-0.05, 0) is 70.6 Å². The van der Waals surface area contributed by atoms with Crippen LogP contribution in [0, 0.1) is 0 Å². The van der Waals surface area contributed by atoms with E-state index in [0.29, 0.717) is 6.42 Å². The highest BCUT2D eigenvalue weighted by Crippen LogP contribution is 2.33. The Kier molecular flexibility index (Phi) is 54.0. The number of nitrogens with one attached hydrogen (secondary N) is 1. The van der Waals surface area contributed by atoms with Crippen molar-refractivity contribution in [2.45, 2.75) is 381 Å². The third kappa shape index (κ3) is 39.6. The van der Waals surface area contributed by atoms with Gasteiger partial charge in [0.1, 0.15) is 73.2 Å². The molecule has 3 rings (SSSR count). The molecule has 0 radical (unpaired) electrons. The largest absolute Gasteiger partial charge is 0.394 e. The number of amides is 1. The highest BCUT2D eigenvalue weighted by molar-refractivity contribution is 5.76. The first-order valence-corrected chi connectivity index (χ1v) is 38.8. The van der Waals surface area contributed by atoms with Crippen LogP contribution >= 0.6 is 0 Å².